The number of hydrogen-bond acceptors (Lipinski definition) is 5. The molecule has 8 heteroatoms. The Bertz CT molecular complexity index is 645. The number of hydrogen-bond donors (Lipinski definition) is 2. The standard InChI is InChI=1S/C16H20N2O6/c1-23-12-4-3-10(14(8-12)24-2)9-18-6-5-11(19)7-13(15(18)20)17-16(21)22/h3-4,8,13,17H,5-7,9H2,1-2H3,(H,21,22). The molecule has 1 heterocycles. The van der Waals surface area contributed by atoms with Gasteiger partial charge in [0.15, 0.2) is 0 Å². The number of benzene rings is 1. The number of carbonyl (C=O) groups is 3. The van der Waals surface area contributed by atoms with Crippen LogP contribution in [0.4, 0.5) is 4.79 Å². The summed E-state index contributed by atoms with van der Waals surface area (Å²) >= 11 is 0. The van der Waals surface area contributed by atoms with Crippen molar-refractivity contribution in [3.63, 3.8) is 0 Å². The molecule has 2 amide bonds. The molecular weight excluding hydrogens is 316 g/mol. The maximum atomic E-state index is 12.5. The molecule has 1 atom stereocenters. The van der Waals surface area contributed by atoms with Crippen LogP contribution in [0, 0.1) is 0 Å². The molecule has 1 saturated heterocycles. The van der Waals surface area contributed by atoms with Gasteiger partial charge in [-0.2, -0.15) is 0 Å². The van der Waals surface area contributed by atoms with E-state index in [-0.39, 0.29) is 31.7 Å². The Hall–Kier alpha value is -2.77. The Labute approximate surface area is 139 Å². The second-order valence-corrected chi connectivity index (χ2v) is 5.43. The van der Waals surface area contributed by atoms with Crippen molar-refractivity contribution < 1.29 is 29.0 Å². The smallest absolute Gasteiger partial charge is 0.405 e. The van der Waals surface area contributed by atoms with Gasteiger partial charge in [0.2, 0.25) is 5.91 Å². The van der Waals surface area contributed by atoms with Gasteiger partial charge in [-0.15, -0.1) is 0 Å². The van der Waals surface area contributed by atoms with E-state index in [0.717, 1.165) is 5.56 Å². The van der Waals surface area contributed by atoms with Crippen molar-refractivity contribution in [2.75, 3.05) is 20.8 Å². The largest absolute Gasteiger partial charge is 0.497 e. The molecule has 1 fully saturated rings. The Balaban J connectivity index is 2.22. The average molecular weight is 336 g/mol. The lowest BCUT2D eigenvalue weighted by Gasteiger charge is -2.24. The molecule has 0 aliphatic carbocycles. The Morgan fingerprint density at radius 3 is 2.71 bits per heavy atom. The highest BCUT2D eigenvalue weighted by Gasteiger charge is 2.32. The number of Topliss-reactive ketones (excluding diaryl/α,β-unsaturated/α-hetero) is 1. The molecule has 8 nitrogen and oxygen atoms in total. The highest BCUT2D eigenvalue weighted by molar-refractivity contribution is 5.93. The predicted octanol–water partition coefficient (Wildman–Crippen LogP) is 1.03. The minimum absolute atomic E-state index is 0.124. The fraction of sp³-hybridized carbons (Fsp3) is 0.438. The van der Waals surface area contributed by atoms with Crippen molar-refractivity contribution >= 4 is 17.8 Å². The zero-order valence-corrected chi connectivity index (χ0v) is 13.6. The first kappa shape index (κ1) is 17.6. The first-order valence-corrected chi connectivity index (χ1v) is 7.45. The van der Waals surface area contributed by atoms with Crippen LogP contribution in [0.5, 0.6) is 11.5 Å². The zero-order valence-electron chi connectivity index (χ0n) is 13.6. The Morgan fingerprint density at radius 2 is 2.08 bits per heavy atom. The Morgan fingerprint density at radius 1 is 1.33 bits per heavy atom. The second kappa shape index (κ2) is 7.67. The van der Waals surface area contributed by atoms with Gasteiger partial charge in [0.05, 0.1) is 14.2 Å². The number of carbonyl (C=O) groups excluding carboxylic acids is 2. The lowest BCUT2D eigenvalue weighted by molar-refractivity contribution is -0.133. The normalized spacial score (nSPS) is 18.1. The van der Waals surface area contributed by atoms with Gasteiger partial charge in [-0.05, 0) is 12.1 Å². The van der Waals surface area contributed by atoms with Crippen LogP contribution < -0.4 is 14.8 Å². The third-order valence-electron chi connectivity index (χ3n) is 3.86. The number of ketones is 1. The van der Waals surface area contributed by atoms with Crippen LogP contribution in [-0.2, 0) is 16.1 Å². The molecule has 0 radical (unpaired) electrons. The van der Waals surface area contributed by atoms with Crippen LogP contribution in [-0.4, -0.2) is 54.6 Å². The summed E-state index contributed by atoms with van der Waals surface area (Å²) in [5.41, 5.74) is 0.745. The molecule has 1 aromatic carbocycles. The molecule has 2 rings (SSSR count). The molecule has 1 aliphatic rings. The highest BCUT2D eigenvalue weighted by atomic mass is 16.5. The number of carboxylic acid groups (broad SMARTS) is 1. The maximum Gasteiger partial charge on any atom is 0.405 e. The van der Waals surface area contributed by atoms with E-state index in [1.165, 1.54) is 12.0 Å². The molecule has 1 aromatic rings. The summed E-state index contributed by atoms with van der Waals surface area (Å²) < 4.78 is 10.5. The number of amides is 2. The number of nitrogens with zero attached hydrogens (tertiary/aromatic N) is 1. The summed E-state index contributed by atoms with van der Waals surface area (Å²) in [5.74, 6) is 0.617. The Kier molecular flexibility index (Phi) is 5.62. The molecule has 0 aromatic heterocycles. The number of likely N-dealkylation sites (tertiary alicyclic amines) is 1. The number of methoxy groups -OCH3 is 2. The average Bonchev–Trinajstić information content (AvgIpc) is 2.68. The van der Waals surface area contributed by atoms with E-state index in [1.807, 2.05) is 0 Å². The molecule has 1 unspecified atom stereocenters. The zero-order chi connectivity index (χ0) is 17.7. The third-order valence-corrected chi connectivity index (χ3v) is 3.86. The molecule has 0 spiro atoms. The van der Waals surface area contributed by atoms with Gasteiger partial charge in [0.1, 0.15) is 23.3 Å². The van der Waals surface area contributed by atoms with Crippen LogP contribution in [0.25, 0.3) is 0 Å². The summed E-state index contributed by atoms with van der Waals surface area (Å²) in [4.78, 5) is 36.6. The van der Waals surface area contributed by atoms with Crippen molar-refractivity contribution in [2.45, 2.75) is 25.4 Å². The van der Waals surface area contributed by atoms with Crippen molar-refractivity contribution in [1.29, 1.82) is 0 Å². The summed E-state index contributed by atoms with van der Waals surface area (Å²) in [7, 11) is 3.06. The van der Waals surface area contributed by atoms with E-state index in [0.29, 0.717) is 11.5 Å². The lowest BCUT2D eigenvalue weighted by atomic mass is 10.1. The summed E-state index contributed by atoms with van der Waals surface area (Å²) in [5, 5.41) is 11.0. The topological polar surface area (TPSA) is 105 Å². The summed E-state index contributed by atoms with van der Waals surface area (Å²) in [6.07, 6.45) is -1.26. The van der Waals surface area contributed by atoms with Crippen LogP contribution in [0.2, 0.25) is 0 Å². The van der Waals surface area contributed by atoms with Crippen LogP contribution >= 0.6 is 0 Å². The number of ether oxygens (including phenoxy) is 2. The lowest BCUT2D eigenvalue weighted by Crippen LogP contribution is -2.47. The van der Waals surface area contributed by atoms with Crippen molar-refractivity contribution in [1.82, 2.24) is 10.2 Å². The van der Waals surface area contributed by atoms with Crippen molar-refractivity contribution in [3.8, 4) is 11.5 Å². The molecule has 130 valence electrons. The van der Waals surface area contributed by atoms with E-state index in [2.05, 4.69) is 5.32 Å². The van der Waals surface area contributed by atoms with E-state index in [4.69, 9.17) is 14.6 Å². The molecule has 0 bridgehead atoms. The first-order chi connectivity index (χ1) is 11.4. The maximum absolute atomic E-state index is 12.5. The minimum atomic E-state index is -1.33. The van der Waals surface area contributed by atoms with Gasteiger partial charge in [-0.25, -0.2) is 4.79 Å². The minimum Gasteiger partial charge on any atom is -0.497 e. The van der Waals surface area contributed by atoms with Gasteiger partial charge in [-0.1, -0.05) is 0 Å². The van der Waals surface area contributed by atoms with E-state index in [9.17, 15) is 14.4 Å². The second-order valence-electron chi connectivity index (χ2n) is 5.43. The van der Waals surface area contributed by atoms with Gasteiger partial charge in [-0.3, -0.25) is 9.59 Å². The SMILES string of the molecule is COc1ccc(CN2CCC(=O)CC(NC(=O)O)C2=O)c(OC)c1. The van der Waals surface area contributed by atoms with Crippen molar-refractivity contribution in [3.05, 3.63) is 23.8 Å². The first-order valence-electron chi connectivity index (χ1n) is 7.45. The number of nitrogens with one attached hydrogen (secondary N) is 1. The third kappa shape index (κ3) is 4.15. The van der Waals surface area contributed by atoms with Gasteiger partial charge >= 0.3 is 6.09 Å². The van der Waals surface area contributed by atoms with Crippen molar-refractivity contribution in [2.24, 2.45) is 0 Å². The van der Waals surface area contributed by atoms with Gasteiger partial charge < -0.3 is 24.8 Å². The molecular formula is C16H20N2O6. The van der Waals surface area contributed by atoms with Crippen LogP contribution in [0.1, 0.15) is 18.4 Å². The summed E-state index contributed by atoms with van der Waals surface area (Å²) in [6, 6.07) is 4.17. The van der Waals surface area contributed by atoms with Gasteiger partial charge in [0, 0.05) is 37.6 Å². The quantitative estimate of drug-likeness (QED) is 0.832. The molecule has 24 heavy (non-hydrogen) atoms. The van der Waals surface area contributed by atoms with Crippen LogP contribution in [0.3, 0.4) is 0 Å². The van der Waals surface area contributed by atoms with E-state index >= 15 is 0 Å². The highest BCUT2D eigenvalue weighted by Crippen LogP contribution is 2.26. The van der Waals surface area contributed by atoms with Gasteiger partial charge in [0.25, 0.3) is 0 Å². The fourth-order valence-corrected chi connectivity index (χ4v) is 2.61. The van der Waals surface area contributed by atoms with E-state index < -0.39 is 18.0 Å². The fourth-order valence-electron chi connectivity index (χ4n) is 2.61. The molecule has 2 N–H and O–H groups in total. The number of rotatable bonds is 5. The monoisotopic (exact) mass is 336 g/mol. The summed E-state index contributed by atoms with van der Waals surface area (Å²) in [6.45, 7) is 0.460. The molecule has 0 saturated carbocycles. The van der Waals surface area contributed by atoms with Crippen LogP contribution in [0.15, 0.2) is 18.2 Å². The van der Waals surface area contributed by atoms with E-state index in [1.54, 1.807) is 25.3 Å². The molecule has 1 aliphatic heterocycles. The predicted molar refractivity (Wildman–Crippen MR) is 84.2 cm³/mol.